The molecule has 0 atom stereocenters. The quantitative estimate of drug-likeness (QED) is 0.781. The molecule has 1 aromatic rings. The van der Waals surface area contributed by atoms with Crippen molar-refractivity contribution in [2.24, 2.45) is 0 Å². The summed E-state index contributed by atoms with van der Waals surface area (Å²) < 4.78 is 0. The maximum Gasteiger partial charge on any atom is 0.122 e. The first-order valence-electron chi connectivity index (χ1n) is 6.15. The highest BCUT2D eigenvalue weighted by Gasteiger charge is 2.19. The third-order valence-electron chi connectivity index (χ3n) is 3.36. The molecule has 0 saturated carbocycles. The normalized spacial score (nSPS) is 10.9. The van der Waals surface area contributed by atoms with Crippen molar-refractivity contribution < 1.29 is 5.11 Å². The van der Waals surface area contributed by atoms with E-state index < -0.39 is 0 Å². The van der Waals surface area contributed by atoms with Crippen LogP contribution in [0, 0.1) is 0 Å². The van der Waals surface area contributed by atoms with Crippen LogP contribution in [0.3, 0.4) is 0 Å². The first-order valence-corrected chi connectivity index (χ1v) is 7.22. The van der Waals surface area contributed by atoms with E-state index >= 15 is 0 Å². The molecule has 1 rings (SSSR count). The van der Waals surface area contributed by atoms with Crippen molar-refractivity contribution in [2.45, 2.75) is 51.8 Å². The highest BCUT2D eigenvalue weighted by atomic mass is 35.5. The Labute approximate surface area is 114 Å². The zero-order valence-electron chi connectivity index (χ0n) is 10.7. The summed E-state index contributed by atoms with van der Waals surface area (Å²) in [4.78, 5) is 0. The molecule has 3 heteroatoms. The Balaban J connectivity index is 3.66. The molecule has 96 valence electrons. The fourth-order valence-corrected chi connectivity index (χ4v) is 3.17. The van der Waals surface area contributed by atoms with Crippen molar-refractivity contribution in [3.05, 3.63) is 27.8 Å². The van der Waals surface area contributed by atoms with Gasteiger partial charge in [0.05, 0.1) is 0 Å². The van der Waals surface area contributed by atoms with Gasteiger partial charge in [0.2, 0.25) is 0 Å². The third kappa shape index (κ3) is 2.56. The van der Waals surface area contributed by atoms with E-state index in [1.807, 2.05) is 13.8 Å². The Morgan fingerprint density at radius 2 is 1.06 bits per heavy atom. The minimum atomic E-state index is 0.401. The molecule has 1 N–H and O–H groups in total. The van der Waals surface area contributed by atoms with Gasteiger partial charge in [0.15, 0.2) is 0 Å². The SMILES string of the molecule is CCc1c(O)c(CC)c(CCl)c(CC)c1CCl. The van der Waals surface area contributed by atoms with Gasteiger partial charge >= 0.3 is 0 Å². The van der Waals surface area contributed by atoms with Crippen LogP contribution in [0.1, 0.15) is 48.6 Å². The van der Waals surface area contributed by atoms with E-state index in [1.54, 1.807) is 0 Å². The predicted molar refractivity (Wildman–Crippen MR) is 75.4 cm³/mol. The molecular weight excluding hydrogens is 255 g/mol. The fourth-order valence-electron chi connectivity index (χ4n) is 2.53. The van der Waals surface area contributed by atoms with Crippen molar-refractivity contribution >= 4 is 23.2 Å². The van der Waals surface area contributed by atoms with Crippen molar-refractivity contribution in [1.29, 1.82) is 0 Å². The van der Waals surface area contributed by atoms with Crippen molar-refractivity contribution in [1.82, 2.24) is 0 Å². The lowest BCUT2D eigenvalue weighted by atomic mass is 9.88. The zero-order valence-corrected chi connectivity index (χ0v) is 12.3. The van der Waals surface area contributed by atoms with Crippen LogP contribution < -0.4 is 0 Å². The standard InChI is InChI=1S/C14H20Cl2O/c1-4-9-12(7-15)10(5-2)14(17)11(6-3)13(9)8-16/h17H,4-8H2,1-3H3. The second kappa shape index (κ2) is 6.51. The molecule has 1 nitrogen and oxygen atoms in total. The minimum Gasteiger partial charge on any atom is -0.507 e. The number of hydrogen-bond donors (Lipinski definition) is 1. The average Bonchev–Trinajstić information content (AvgIpc) is 2.36. The summed E-state index contributed by atoms with van der Waals surface area (Å²) in [6, 6.07) is 0. The second-order valence-electron chi connectivity index (χ2n) is 4.07. The number of phenols is 1. The molecule has 0 unspecified atom stereocenters. The molecule has 17 heavy (non-hydrogen) atoms. The lowest BCUT2D eigenvalue weighted by molar-refractivity contribution is 0.460. The maximum absolute atomic E-state index is 10.3. The number of benzene rings is 1. The molecule has 0 spiro atoms. The van der Waals surface area contributed by atoms with Gasteiger partial charge in [-0.25, -0.2) is 0 Å². The molecule has 0 aliphatic rings. The van der Waals surface area contributed by atoms with E-state index in [0.29, 0.717) is 17.5 Å². The topological polar surface area (TPSA) is 20.2 Å². The Morgan fingerprint density at radius 1 is 0.706 bits per heavy atom. The summed E-state index contributed by atoms with van der Waals surface area (Å²) in [7, 11) is 0. The van der Waals surface area contributed by atoms with E-state index in [4.69, 9.17) is 23.2 Å². The smallest absolute Gasteiger partial charge is 0.122 e. The molecule has 0 saturated heterocycles. The van der Waals surface area contributed by atoms with E-state index in [9.17, 15) is 5.11 Å². The largest absolute Gasteiger partial charge is 0.507 e. The van der Waals surface area contributed by atoms with Gasteiger partial charge in [-0.05, 0) is 47.1 Å². The first kappa shape index (κ1) is 14.7. The second-order valence-corrected chi connectivity index (χ2v) is 4.60. The van der Waals surface area contributed by atoms with E-state index in [-0.39, 0.29) is 0 Å². The summed E-state index contributed by atoms with van der Waals surface area (Å²) in [5, 5.41) is 10.3. The van der Waals surface area contributed by atoms with Crippen molar-refractivity contribution in [3.63, 3.8) is 0 Å². The monoisotopic (exact) mass is 274 g/mol. The minimum absolute atomic E-state index is 0.401. The highest BCUT2D eigenvalue weighted by molar-refractivity contribution is 6.18. The van der Waals surface area contributed by atoms with Crippen molar-refractivity contribution in [3.8, 4) is 5.75 Å². The molecule has 0 heterocycles. The van der Waals surface area contributed by atoms with E-state index in [0.717, 1.165) is 41.5 Å². The Morgan fingerprint density at radius 3 is 1.29 bits per heavy atom. The number of aromatic hydroxyl groups is 1. The van der Waals surface area contributed by atoms with Gasteiger partial charge in [0.25, 0.3) is 0 Å². The molecule has 0 aliphatic heterocycles. The van der Waals surface area contributed by atoms with Crippen LogP contribution in [-0.4, -0.2) is 5.11 Å². The summed E-state index contributed by atoms with van der Waals surface area (Å²) in [6.45, 7) is 6.20. The number of halogens is 2. The molecule has 0 fully saturated rings. The van der Waals surface area contributed by atoms with Gasteiger partial charge in [-0.2, -0.15) is 0 Å². The fraction of sp³-hybridized carbons (Fsp3) is 0.571. The molecule has 1 aromatic carbocycles. The average molecular weight is 275 g/mol. The molecule has 0 amide bonds. The van der Waals surface area contributed by atoms with Gasteiger partial charge in [-0.3, -0.25) is 0 Å². The van der Waals surface area contributed by atoms with Gasteiger partial charge in [-0.15, -0.1) is 23.2 Å². The number of hydrogen-bond acceptors (Lipinski definition) is 1. The summed E-state index contributed by atoms with van der Waals surface area (Å²) in [5.41, 5.74) is 5.34. The van der Waals surface area contributed by atoms with Crippen LogP contribution in [0.5, 0.6) is 5.75 Å². The summed E-state index contributed by atoms with van der Waals surface area (Å²) >= 11 is 12.1. The van der Waals surface area contributed by atoms with Crippen LogP contribution in [0.25, 0.3) is 0 Å². The van der Waals surface area contributed by atoms with Gasteiger partial charge in [0, 0.05) is 11.8 Å². The molecule has 0 bridgehead atoms. The van der Waals surface area contributed by atoms with Crippen LogP contribution in [0.15, 0.2) is 0 Å². The Kier molecular flexibility index (Phi) is 5.61. The number of rotatable bonds is 5. The molecule has 0 aromatic heterocycles. The summed E-state index contributed by atoms with van der Waals surface area (Å²) in [5.74, 6) is 1.28. The van der Waals surface area contributed by atoms with E-state index in [2.05, 4.69) is 6.92 Å². The Hall–Kier alpha value is -0.400. The van der Waals surface area contributed by atoms with Crippen LogP contribution in [0.4, 0.5) is 0 Å². The molecular formula is C14H20Cl2O. The van der Waals surface area contributed by atoms with Crippen molar-refractivity contribution in [2.75, 3.05) is 0 Å². The third-order valence-corrected chi connectivity index (χ3v) is 3.89. The summed E-state index contributed by atoms with van der Waals surface area (Å²) in [6.07, 6.45) is 2.51. The molecule has 0 aliphatic carbocycles. The maximum atomic E-state index is 10.3. The first-order chi connectivity index (χ1) is 8.15. The van der Waals surface area contributed by atoms with Crippen LogP contribution >= 0.6 is 23.2 Å². The predicted octanol–water partition coefficient (Wildman–Crippen LogP) is 4.56. The van der Waals surface area contributed by atoms with Crippen LogP contribution in [0.2, 0.25) is 0 Å². The number of alkyl halides is 2. The Bertz CT molecular complexity index is 367. The number of phenolic OH excluding ortho intramolecular Hbond substituents is 1. The van der Waals surface area contributed by atoms with Gasteiger partial charge < -0.3 is 5.11 Å². The van der Waals surface area contributed by atoms with E-state index in [1.165, 1.54) is 5.56 Å². The highest BCUT2D eigenvalue weighted by Crippen LogP contribution is 2.36. The van der Waals surface area contributed by atoms with Gasteiger partial charge in [0.1, 0.15) is 5.75 Å². The lowest BCUT2D eigenvalue weighted by Crippen LogP contribution is -2.06. The molecule has 0 radical (unpaired) electrons. The van der Waals surface area contributed by atoms with Gasteiger partial charge in [-0.1, -0.05) is 20.8 Å². The van der Waals surface area contributed by atoms with Crippen LogP contribution in [-0.2, 0) is 31.0 Å². The lowest BCUT2D eigenvalue weighted by Gasteiger charge is -2.21. The zero-order chi connectivity index (χ0) is 13.0.